The first-order chi connectivity index (χ1) is 13.3. The first-order valence-corrected chi connectivity index (χ1v) is 8.98. The van der Waals surface area contributed by atoms with E-state index in [-0.39, 0.29) is 0 Å². The van der Waals surface area contributed by atoms with E-state index in [2.05, 4.69) is 4.74 Å². The minimum Gasteiger partial charge on any atom is -0.467 e. The lowest BCUT2D eigenvalue weighted by Gasteiger charge is -2.43. The summed E-state index contributed by atoms with van der Waals surface area (Å²) in [5, 5.41) is 7.69. The van der Waals surface area contributed by atoms with Crippen LogP contribution in [0, 0.1) is 5.41 Å². The minimum absolute atomic E-state index is 0.861. The maximum Gasteiger partial charge on any atom is 0.339 e. The molecular formula is C15H18Cl3NO10. The maximum atomic E-state index is 12.2. The van der Waals surface area contributed by atoms with Gasteiger partial charge in [-0.2, -0.15) is 0 Å². The summed E-state index contributed by atoms with van der Waals surface area (Å²) >= 11 is 16.7. The van der Waals surface area contributed by atoms with Crippen molar-refractivity contribution in [3.8, 4) is 0 Å². The zero-order valence-corrected chi connectivity index (χ0v) is 17.9. The molecular weight excluding hydrogens is 461 g/mol. The molecule has 0 aliphatic carbocycles. The molecule has 1 fully saturated rings. The minimum atomic E-state index is -2.32. The molecule has 1 saturated heterocycles. The van der Waals surface area contributed by atoms with Crippen molar-refractivity contribution in [3.63, 3.8) is 0 Å². The predicted octanol–water partition coefficient (Wildman–Crippen LogP) is 1.04. The van der Waals surface area contributed by atoms with E-state index >= 15 is 0 Å². The van der Waals surface area contributed by atoms with Crippen molar-refractivity contribution in [3.05, 3.63) is 0 Å². The summed E-state index contributed by atoms with van der Waals surface area (Å²) in [4.78, 5) is 46.9. The van der Waals surface area contributed by atoms with Crippen molar-refractivity contribution in [1.29, 1.82) is 5.41 Å². The number of methoxy groups -OCH3 is 1. The van der Waals surface area contributed by atoms with Crippen LogP contribution >= 0.6 is 34.8 Å². The van der Waals surface area contributed by atoms with Crippen molar-refractivity contribution >= 4 is 64.6 Å². The molecule has 29 heavy (non-hydrogen) atoms. The van der Waals surface area contributed by atoms with E-state index in [4.69, 9.17) is 63.9 Å². The quantitative estimate of drug-likeness (QED) is 0.200. The third kappa shape index (κ3) is 7.18. The van der Waals surface area contributed by atoms with Crippen molar-refractivity contribution in [1.82, 2.24) is 0 Å². The lowest BCUT2D eigenvalue weighted by molar-refractivity contribution is -0.285. The van der Waals surface area contributed by atoms with E-state index in [0.29, 0.717) is 0 Å². The van der Waals surface area contributed by atoms with Gasteiger partial charge in [-0.05, 0) is 0 Å². The second kappa shape index (κ2) is 10.3. The van der Waals surface area contributed by atoms with Crippen LogP contribution < -0.4 is 0 Å². The fourth-order valence-corrected chi connectivity index (χ4v) is 2.49. The van der Waals surface area contributed by atoms with Crippen LogP contribution in [0.2, 0.25) is 0 Å². The van der Waals surface area contributed by atoms with E-state index in [1.54, 1.807) is 0 Å². The molecule has 0 amide bonds. The van der Waals surface area contributed by atoms with Gasteiger partial charge in [-0.15, -0.1) is 0 Å². The SMILES string of the molecule is COC(=O)C1O[C@H](OC(=N)C(Cl)(Cl)Cl)C(OC(C)=O)C(OC(C)=O)[C@@H]1OC(C)=O. The number of hydrogen-bond donors (Lipinski definition) is 1. The number of hydrogen-bond acceptors (Lipinski definition) is 11. The molecule has 14 heteroatoms. The normalized spacial score (nSPS) is 26.7. The summed E-state index contributed by atoms with van der Waals surface area (Å²) < 4.78 is 28.0. The molecule has 0 radical (unpaired) electrons. The van der Waals surface area contributed by atoms with Crippen LogP contribution in [0.25, 0.3) is 0 Å². The summed E-state index contributed by atoms with van der Waals surface area (Å²) in [7, 11) is 1.02. The molecule has 0 spiro atoms. The van der Waals surface area contributed by atoms with Crippen molar-refractivity contribution in [2.24, 2.45) is 0 Å². The van der Waals surface area contributed by atoms with E-state index in [1.807, 2.05) is 0 Å². The number of halogens is 3. The van der Waals surface area contributed by atoms with Gasteiger partial charge in [-0.3, -0.25) is 19.8 Å². The van der Waals surface area contributed by atoms with Gasteiger partial charge in [0.05, 0.1) is 7.11 Å². The Bertz CT molecular complexity index is 680. The van der Waals surface area contributed by atoms with Crippen molar-refractivity contribution in [2.75, 3.05) is 7.11 Å². The van der Waals surface area contributed by atoms with Crippen LogP contribution in [-0.4, -0.2) is 71.4 Å². The lowest BCUT2D eigenvalue weighted by atomic mass is 9.97. The topological polar surface area (TPSA) is 148 Å². The second-order valence-corrected chi connectivity index (χ2v) is 7.90. The highest BCUT2D eigenvalue weighted by Crippen LogP contribution is 2.33. The average Bonchev–Trinajstić information content (AvgIpc) is 2.56. The van der Waals surface area contributed by atoms with Crippen LogP contribution in [0.5, 0.6) is 0 Å². The van der Waals surface area contributed by atoms with Crippen LogP contribution in [0.3, 0.4) is 0 Å². The van der Waals surface area contributed by atoms with E-state index in [1.165, 1.54) is 0 Å². The second-order valence-electron chi connectivity index (χ2n) is 5.62. The molecule has 0 saturated carbocycles. The summed E-state index contributed by atoms with van der Waals surface area (Å²) in [6.45, 7) is 3.08. The van der Waals surface area contributed by atoms with Crippen LogP contribution in [0.15, 0.2) is 0 Å². The highest BCUT2D eigenvalue weighted by molar-refractivity contribution is 6.76. The third-order valence-corrected chi connectivity index (χ3v) is 3.84. The van der Waals surface area contributed by atoms with E-state index in [9.17, 15) is 19.2 Å². The zero-order valence-electron chi connectivity index (χ0n) is 15.6. The smallest absolute Gasteiger partial charge is 0.339 e. The Morgan fingerprint density at radius 3 is 1.69 bits per heavy atom. The molecule has 0 aromatic carbocycles. The molecule has 1 heterocycles. The summed E-state index contributed by atoms with van der Waals surface area (Å²) in [6.07, 6.45) is -8.20. The number of alkyl halides is 3. The number of carbonyl (C=O) groups excluding carboxylic acids is 4. The standard InChI is InChI=1S/C15H18Cl3NO10/c1-5(20)25-8-9(26-6(2)21)11(27-7(3)22)13(28-10(8)12(23)24-4)29-14(19)15(16,17)18/h8-11,13,19H,1-4H3/t8-,9?,10?,11?,13+/m0/s1. The van der Waals surface area contributed by atoms with Gasteiger partial charge in [-0.25, -0.2) is 4.79 Å². The summed E-state index contributed by atoms with van der Waals surface area (Å²) in [5.41, 5.74) is 0. The Hall–Kier alpha value is -1.82. The van der Waals surface area contributed by atoms with Crippen LogP contribution in [0.4, 0.5) is 0 Å². The summed E-state index contributed by atoms with van der Waals surface area (Å²) in [5.74, 6) is -4.59. The molecule has 0 bridgehead atoms. The Balaban J connectivity index is 3.44. The highest BCUT2D eigenvalue weighted by atomic mass is 35.6. The Labute approximate surface area is 180 Å². The zero-order chi connectivity index (χ0) is 22.5. The first kappa shape index (κ1) is 25.2. The number of esters is 4. The van der Waals surface area contributed by atoms with Gasteiger partial charge in [0.1, 0.15) is 0 Å². The molecule has 1 N–H and O–H groups in total. The van der Waals surface area contributed by atoms with Crippen LogP contribution in [-0.2, 0) is 47.6 Å². The fourth-order valence-electron chi connectivity index (χ4n) is 2.36. The molecule has 1 aliphatic rings. The number of ether oxygens (including phenoxy) is 6. The van der Waals surface area contributed by atoms with Crippen molar-refractivity contribution in [2.45, 2.75) is 55.3 Å². The molecule has 11 nitrogen and oxygen atoms in total. The third-order valence-electron chi connectivity index (χ3n) is 3.33. The Kier molecular flexibility index (Phi) is 8.94. The largest absolute Gasteiger partial charge is 0.467 e. The fraction of sp³-hybridized carbons (Fsp3) is 0.667. The first-order valence-electron chi connectivity index (χ1n) is 7.85. The van der Waals surface area contributed by atoms with E-state index < -0.39 is 64.3 Å². The van der Waals surface area contributed by atoms with E-state index in [0.717, 1.165) is 27.9 Å². The molecule has 3 unspecified atom stereocenters. The van der Waals surface area contributed by atoms with Gasteiger partial charge in [0.2, 0.25) is 18.3 Å². The van der Waals surface area contributed by atoms with Gasteiger partial charge >= 0.3 is 23.9 Å². The molecule has 1 aliphatic heterocycles. The molecule has 164 valence electrons. The Morgan fingerprint density at radius 2 is 1.28 bits per heavy atom. The molecule has 5 atom stereocenters. The van der Waals surface area contributed by atoms with Gasteiger partial charge in [-0.1, -0.05) is 34.8 Å². The van der Waals surface area contributed by atoms with Crippen molar-refractivity contribution < 1.29 is 47.6 Å². The Morgan fingerprint density at radius 1 is 0.828 bits per heavy atom. The lowest BCUT2D eigenvalue weighted by Crippen LogP contribution is -2.64. The van der Waals surface area contributed by atoms with Gasteiger partial charge in [0.25, 0.3) is 3.79 Å². The average molecular weight is 479 g/mol. The molecule has 1 rings (SSSR count). The van der Waals surface area contributed by atoms with Gasteiger partial charge in [0, 0.05) is 20.8 Å². The maximum absolute atomic E-state index is 12.2. The monoisotopic (exact) mass is 477 g/mol. The predicted molar refractivity (Wildman–Crippen MR) is 96.4 cm³/mol. The number of carbonyl (C=O) groups is 4. The number of nitrogens with one attached hydrogen (secondary N) is 1. The van der Waals surface area contributed by atoms with Gasteiger partial charge < -0.3 is 28.4 Å². The highest BCUT2D eigenvalue weighted by Gasteiger charge is 2.56. The molecule has 0 aromatic heterocycles. The van der Waals surface area contributed by atoms with Crippen LogP contribution in [0.1, 0.15) is 20.8 Å². The summed E-state index contributed by atoms with van der Waals surface area (Å²) in [6, 6.07) is 0. The molecule has 0 aromatic rings. The van der Waals surface area contributed by atoms with Gasteiger partial charge in [0.15, 0.2) is 18.3 Å². The number of rotatable bonds is 5.